The molecule has 138 valence electrons. The van der Waals surface area contributed by atoms with E-state index in [-0.39, 0.29) is 17.7 Å². The summed E-state index contributed by atoms with van der Waals surface area (Å²) in [7, 11) is -1.59. The minimum absolute atomic E-state index is 0.0384. The topological polar surface area (TPSA) is 57.7 Å². The second kappa shape index (κ2) is 7.60. The van der Waals surface area contributed by atoms with Crippen LogP contribution < -0.4 is 0 Å². The van der Waals surface area contributed by atoms with Crippen molar-refractivity contribution >= 4 is 15.7 Å². The Morgan fingerprint density at radius 2 is 1.58 bits per heavy atom. The minimum atomic E-state index is -3.40. The lowest BCUT2D eigenvalue weighted by atomic mass is 10.1. The van der Waals surface area contributed by atoms with Crippen LogP contribution in [0.25, 0.3) is 0 Å². The number of nitrogens with zero attached hydrogens (tertiary/aromatic N) is 2. The molecule has 1 heterocycles. The second-order valence-electron chi connectivity index (χ2n) is 6.75. The zero-order valence-corrected chi connectivity index (χ0v) is 15.9. The highest BCUT2D eigenvalue weighted by Crippen LogP contribution is 2.22. The van der Waals surface area contributed by atoms with Crippen LogP contribution in [0.1, 0.15) is 18.1 Å². The number of benzene rings is 2. The third-order valence-corrected chi connectivity index (χ3v) is 6.63. The van der Waals surface area contributed by atoms with Crippen molar-refractivity contribution in [3.8, 4) is 0 Å². The fraction of sp³-hybridized carbons (Fsp3) is 0.350. The van der Waals surface area contributed by atoms with Crippen LogP contribution in [-0.4, -0.2) is 50.3 Å². The van der Waals surface area contributed by atoms with Gasteiger partial charge in [-0.2, -0.15) is 0 Å². The number of rotatable bonds is 5. The van der Waals surface area contributed by atoms with Gasteiger partial charge < -0.3 is 4.90 Å². The molecule has 0 aromatic heterocycles. The fourth-order valence-corrected chi connectivity index (χ4v) is 4.69. The molecular formula is C20H24N2O3S. The second-order valence-corrected chi connectivity index (χ2v) is 8.74. The lowest BCUT2D eigenvalue weighted by Gasteiger charge is -2.37. The summed E-state index contributed by atoms with van der Waals surface area (Å²) in [5.74, 6) is 0.0640. The highest BCUT2D eigenvalue weighted by Gasteiger charge is 2.29. The summed E-state index contributed by atoms with van der Waals surface area (Å²) >= 11 is 0. The molecule has 1 saturated heterocycles. The van der Waals surface area contributed by atoms with Crippen LogP contribution in [0.3, 0.4) is 0 Å². The molecule has 2 aromatic rings. The molecule has 1 aliphatic heterocycles. The fourth-order valence-electron chi connectivity index (χ4n) is 3.26. The van der Waals surface area contributed by atoms with Gasteiger partial charge in [-0.05, 0) is 30.2 Å². The maximum atomic E-state index is 12.7. The van der Waals surface area contributed by atoms with E-state index in [1.54, 1.807) is 35.2 Å². The number of sulfone groups is 1. The van der Waals surface area contributed by atoms with E-state index in [9.17, 15) is 13.2 Å². The van der Waals surface area contributed by atoms with Crippen molar-refractivity contribution < 1.29 is 13.2 Å². The van der Waals surface area contributed by atoms with Crippen molar-refractivity contribution in [2.75, 3.05) is 20.1 Å². The Bertz CT molecular complexity index is 881. The molecule has 1 fully saturated rings. The Balaban J connectivity index is 1.82. The van der Waals surface area contributed by atoms with E-state index in [1.165, 1.54) is 0 Å². The number of carbonyl (C=O) groups excluding carboxylic acids is 1. The summed E-state index contributed by atoms with van der Waals surface area (Å²) in [6.45, 7) is 3.94. The zero-order chi connectivity index (χ0) is 18.7. The van der Waals surface area contributed by atoms with Crippen LogP contribution in [0.15, 0.2) is 59.5 Å². The average Bonchev–Trinajstić information content (AvgIpc) is 2.64. The highest BCUT2D eigenvalue weighted by molar-refractivity contribution is 7.90. The van der Waals surface area contributed by atoms with Gasteiger partial charge in [0, 0.05) is 26.7 Å². The zero-order valence-electron chi connectivity index (χ0n) is 15.1. The van der Waals surface area contributed by atoms with E-state index in [4.69, 9.17) is 0 Å². The monoisotopic (exact) mass is 372 g/mol. The molecule has 3 rings (SSSR count). The SMILES string of the molecule is CC1C(=O)N(C)CCN1Cc1ccccc1CS(=O)(=O)c1ccccc1. The first kappa shape index (κ1) is 18.6. The van der Waals surface area contributed by atoms with Gasteiger partial charge in [-0.3, -0.25) is 9.69 Å². The molecular weight excluding hydrogens is 348 g/mol. The normalized spacial score (nSPS) is 18.9. The first-order chi connectivity index (χ1) is 12.4. The lowest BCUT2D eigenvalue weighted by Crippen LogP contribution is -2.53. The van der Waals surface area contributed by atoms with Crippen LogP contribution in [0.5, 0.6) is 0 Å². The summed E-state index contributed by atoms with van der Waals surface area (Å²) in [4.78, 5) is 16.4. The molecule has 0 N–H and O–H groups in total. The first-order valence-electron chi connectivity index (χ1n) is 8.72. The van der Waals surface area contributed by atoms with Crippen molar-refractivity contribution in [2.45, 2.75) is 30.2 Å². The molecule has 0 aliphatic carbocycles. The van der Waals surface area contributed by atoms with Crippen molar-refractivity contribution in [2.24, 2.45) is 0 Å². The van der Waals surface area contributed by atoms with Gasteiger partial charge in [0.25, 0.3) is 0 Å². The van der Waals surface area contributed by atoms with Gasteiger partial charge in [0.15, 0.2) is 9.84 Å². The van der Waals surface area contributed by atoms with E-state index in [0.29, 0.717) is 18.0 Å². The van der Waals surface area contributed by atoms with E-state index in [0.717, 1.165) is 17.7 Å². The number of carbonyl (C=O) groups is 1. The average molecular weight is 372 g/mol. The number of likely N-dealkylation sites (N-methyl/N-ethyl adjacent to an activating group) is 1. The Morgan fingerprint density at radius 3 is 2.27 bits per heavy atom. The molecule has 1 atom stereocenters. The molecule has 26 heavy (non-hydrogen) atoms. The third-order valence-electron chi connectivity index (χ3n) is 4.94. The quantitative estimate of drug-likeness (QED) is 0.808. The summed E-state index contributed by atoms with van der Waals surface area (Å²) in [5, 5.41) is 0. The van der Waals surface area contributed by atoms with Crippen molar-refractivity contribution in [1.29, 1.82) is 0 Å². The van der Waals surface area contributed by atoms with Crippen molar-refractivity contribution in [3.05, 3.63) is 65.7 Å². The molecule has 0 radical (unpaired) electrons. The minimum Gasteiger partial charge on any atom is -0.343 e. The Kier molecular flexibility index (Phi) is 5.44. The summed E-state index contributed by atoms with van der Waals surface area (Å²) in [5.41, 5.74) is 1.74. The predicted octanol–water partition coefficient (Wildman–Crippen LogP) is 2.32. The van der Waals surface area contributed by atoms with E-state index >= 15 is 0 Å². The molecule has 0 saturated carbocycles. The predicted molar refractivity (Wildman–Crippen MR) is 101 cm³/mol. The van der Waals surface area contributed by atoms with Crippen LogP contribution in [-0.2, 0) is 26.9 Å². The molecule has 1 unspecified atom stereocenters. The van der Waals surface area contributed by atoms with Crippen LogP contribution in [0.4, 0.5) is 0 Å². The van der Waals surface area contributed by atoms with Crippen LogP contribution in [0, 0.1) is 0 Å². The molecule has 6 heteroatoms. The van der Waals surface area contributed by atoms with E-state index < -0.39 is 9.84 Å². The number of hydrogen-bond acceptors (Lipinski definition) is 4. The van der Waals surface area contributed by atoms with E-state index in [1.807, 2.05) is 38.2 Å². The Hall–Kier alpha value is -2.18. The van der Waals surface area contributed by atoms with Gasteiger partial charge in [-0.1, -0.05) is 42.5 Å². The van der Waals surface area contributed by atoms with Gasteiger partial charge >= 0.3 is 0 Å². The molecule has 0 bridgehead atoms. The first-order valence-corrected chi connectivity index (χ1v) is 10.4. The molecule has 1 aliphatic rings. The molecule has 5 nitrogen and oxygen atoms in total. The van der Waals surface area contributed by atoms with Crippen LogP contribution in [0.2, 0.25) is 0 Å². The van der Waals surface area contributed by atoms with Crippen molar-refractivity contribution in [1.82, 2.24) is 9.80 Å². The standard InChI is InChI=1S/C20H24N2O3S/c1-16-20(23)21(2)12-13-22(16)14-17-8-6-7-9-18(17)15-26(24,25)19-10-4-3-5-11-19/h3-11,16H,12-15H2,1-2H3. The van der Waals surface area contributed by atoms with Gasteiger partial charge in [-0.15, -0.1) is 0 Å². The smallest absolute Gasteiger partial charge is 0.239 e. The van der Waals surface area contributed by atoms with Gasteiger partial charge in [0.05, 0.1) is 16.7 Å². The number of amides is 1. The summed E-state index contributed by atoms with van der Waals surface area (Å²) in [6.07, 6.45) is 0. The van der Waals surface area contributed by atoms with E-state index in [2.05, 4.69) is 4.90 Å². The van der Waals surface area contributed by atoms with Crippen molar-refractivity contribution in [3.63, 3.8) is 0 Å². The summed E-state index contributed by atoms with van der Waals surface area (Å²) in [6, 6.07) is 15.9. The Labute approximate surface area is 155 Å². The molecule has 0 spiro atoms. The van der Waals surface area contributed by atoms with Gasteiger partial charge in [0.1, 0.15) is 0 Å². The third kappa shape index (κ3) is 3.97. The maximum absolute atomic E-state index is 12.7. The maximum Gasteiger partial charge on any atom is 0.239 e. The number of piperazine rings is 1. The van der Waals surface area contributed by atoms with Crippen LogP contribution >= 0.6 is 0 Å². The largest absolute Gasteiger partial charge is 0.343 e. The summed E-state index contributed by atoms with van der Waals surface area (Å²) < 4.78 is 25.5. The highest BCUT2D eigenvalue weighted by atomic mass is 32.2. The van der Waals surface area contributed by atoms with Gasteiger partial charge in [0.2, 0.25) is 5.91 Å². The molecule has 2 aromatic carbocycles. The lowest BCUT2D eigenvalue weighted by molar-refractivity contribution is -0.139. The van der Waals surface area contributed by atoms with Gasteiger partial charge in [-0.25, -0.2) is 8.42 Å². The Morgan fingerprint density at radius 1 is 0.962 bits per heavy atom. The molecule has 1 amide bonds. The number of hydrogen-bond donors (Lipinski definition) is 0.